The molecule has 1 saturated heterocycles. The third kappa shape index (κ3) is 0.665. The van der Waals surface area contributed by atoms with Gasteiger partial charge in [-0.2, -0.15) is 0 Å². The van der Waals surface area contributed by atoms with Crippen LogP contribution in [0.1, 0.15) is 38.5 Å². The zero-order chi connectivity index (χ0) is 8.52. The van der Waals surface area contributed by atoms with Crippen molar-refractivity contribution in [3.8, 4) is 0 Å². The summed E-state index contributed by atoms with van der Waals surface area (Å²) in [6, 6.07) is 0. The van der Waals surface area contributed by atoms with Gasteiger partial charge in [-0.3, -0.25) is 0 Å². The SMILES string of the molecule is C1=CC23CCCCC12CC1OC1C3. The van der Waals surface area contributed by atoms with E-state index < -0.39 is 0 Å². The second-order valence-corrected chi connectivity index (χ2v) is 5.47. The summed E-state index contributed by atoms with van der Waals surface area (Å²) >= 11 is 0. The molecule has 70 valence electrons. The molecule has 4 aliphatic rings. The fourth-order valence-corrected chi connectivity index (χ4v) is 4.10. The smallest absolute Gasteiger partial charge is 0.0850 e. The molecular formula is C12H16O. The van der Waals surface area contributed by atoms with Crippen LogP contribution in [0.5, 0.6) is 0 Å². The van der Waals surface area contributed by atoms with Crippen LogP contribution in [-0.4, -0.2) is 12.2 Å². The molecule has 1 nitrogen and oxygen atoms in total. The van der Waals surface area contributed by atoms with Crippen LogP contribution in [0, 0.1) is 10.8 Å². The van der Waals surface area contributed by atoms with E-state index in [-0.39, 0.29) is 0 Å². The molecule has 0 bridgehead atoms. The van der Waals surface area contributed by atoms with Gasteiger partial charge in [-0.05, 0) is 36.5 Å². The van der Waals surface area contributed by atoms with Crippen molar-refractivity contribution in [2.24, 2.45) is 10.8 Å². The Balaban J connectivity index is 1.79. The molecule has 4 rings (SSSR count). The Bertz CT molecular complexity index is 267. The van der Waals surface area contributed by atoms with Gasteiger partial charge < -0.3 is 4.74 Å². The molecule has 4 atom stereocenters. The van der Waals surface area contributed by atoms with Crippen LogP contribution in [0.4, 0.5) is 0 Å². The Labute approximate surface area is 79.2 Å². The maximum absolute atomic E-state index is 5.70. The number of hydrogen-bond acceptors (Lipinski definition) is 1. The third-order valence-electron chi connectivity index (χ3n) is 5.03. The van der Waals surface area contributed by atoms with Crippen LogP contribution >= 0.6 is 0 Å². The summed E-state index contributed by atoms with van der Waals surface area (Å²) in [5.74, 6) is 0. The molecule has 1 heterocycles. The lowest BCUT2D eigenvalue weighted by Crippen LogP contribution is -2.52. The van der Waals surface area contributed by atoms with Crippen molar-refractivity contribution >= 4 is 0 Å². The van der Waals surface area contributed by atoms with Gasteiger partial charge in [0.25, 0.3) is 0 Å². The van der Waals surface area contributed by atoms with Gasteiger partial charge in [0.05, 0.1) is 12.2 Å². The second-order valence-electron chi connectivity index (χ2n) is 5.47. The van der Waals surface area contributed by atoms with Crippen LogP contribution < -0.4 is 0 Å². The van der Waals surface area contributed by atoms with E-state index in [1.165, 1.54) is 38.5 Å². The number of fused-ring (bicyclic) bond motifs is 1. The monoisotopic (exact) mass is 176 g/mol. The number of allylic oxidation sites excluding steroid dienone is 2. The van der Waals surface area contributed by atoms with Gasteiger partial charge in [0.15, 0.2) is 0 Å². The molecule has 0 amide bonds. The first-order valence-electron chi connectivity index (χ1n) is 5.70. The lowest BCUT2D eigenvalue weighted by molar-refractivity contribution is 0.00835. The normalized spacial score (nSPS) is 61.5. The first-order chi connectivity index (χ1) is 6.34. The van der Waals surface area contributed by atoms with Gasteiger partial charge in [-0.25, -0.2) is 0 Å². The summed E-state index contributed by atoms with van der Waals surface area (Å²) in [5.41, 5.74) is 1.20. The second kappa shape index (κ2) is 1.88. The summed E-state index contributed by atoms with van der Waals surface area (Å²) in [4.78, 5) is 0. The summed E-state index contributed by atoms with van der Waals surface area (Å²) in [6.07, 6.45) is 14.8. The average molecular weight is 176 g/mol. The Hall–Kier alpha value is -0.300. The molecule has 0 aromatic carbocycles. The van der Waals surface area contributed by atoms with Crippen molar-refractivity contribution < 1.29 is 4.74 Å². The molecule has 4 unspecified atom stereocenters. The van der Waals surface area contributed by atoms with Gasteiger partial charge in [0, 0.05) is 0 Å². The van der Waals surface area contributed by atoms with E-state index in [4.69, 9.17) is 4.74 Å². The molecule has 0 N–H and O–H groups in total. The van der Waals surface area contributed by atoms with E-state index in [0.717, 1.165) is 0 Å². The number of rotatable bonds is 0. The summed E-state index contributed by atoms with van der Waals surface area (Å²) < 4.78 is 5.70. The van der Waals surface area contributed by atoms with Crippen LogP contribution in [-0.2, 0) is 4.74 Å². The highest BCUT2D eigenvalue weighted by molar-refractivity contribution is 5.32. The fraction of sp³-hybridized carbons (Fsp3) is 0.833. The molecule has 13 heavy (non-hydrogen) atoms. The summed E-state index contributed by atoms with van der Waals surface area (Å²) in [5, 5.41) is 0. The molecule has 0 spiro atoms. The van der Waals surface area contributed by atoms with Crippen molar-refractivity contribution in [1.29, 1.82) is 0 Å². The summed E-state index contributed by atoms with van der Waals surface area (Å²) in [7, 11) is 0. The van der Waals surface area contributed by atoms with Crippen molar-refractivity contribution in [1.82, 2.24) is 0 Å². The molecule has 3 aliphatic carbocycles. The maximum Gasteiger partial charge on any atom is 0.0850 e. The van der Waals surface area contributed by atoms with Crippen LogP contribution in [0.15, 0.2) is 12.2 Å². The molecule has 0 aromatic heterocycles. The van der Waals surface area contributed by atoms with Crippen molar-refractivity contribution in [3.05, 3.63) is 12.2 Å². The van der Waals surface area contributed by atoms with E-state index in [1.54, 1.807) is 0 Å². The zero-order valence-electron chi connectivity index (χ0n) is 7.96. The fourth-order valence-electron chi connectivity index (χ4n) is 4.10. The Morgan fingerprint density at radius 1 is 0.923 bits per heavy atom. The maximum atomic E-state index is 5.70. The van der Waals surface area contributed by atoms with Crippen LogP contribution in [0.3, 0.4) is 0 Å². The van der Waals surface area contributed by atoms with Gasteiger partial charge in [0.2, 0.25) is 0 Å². The van der Waals surface area contributed by atoms with Gasteiger partial charge >= 0.3 is 0 Å². The van der Waals surface area contributed by atoms with Crippen molar-refractivity contribution in [3.63, 3.8) is 0 Å². The minimum atomic E-state index is 0.600. The minimum Gasteiger partial charge on any atom is -0.370 e. The number of ether oxygens (including phenoxy) is 1. The van der Waals surface area contributed by atoms with E-state index in [2.05, 4.69) is 12.2 Å². The Morgan fingerprint density at radius 3 is 1.92 bits per heavy atom. The lowest BCUT2D eigenvalue weighted by Gasteiger charge is -2.59. The predicted molar refractivity (Wildman–Crippen MR) is 50.4 cm³/mol. The standard InChI is InChI=1S/C12H16O/c1-2-4-12-6-5-11(12,3-1)7-9-10(8-12)13-9/h5-6,9-10H,1-4,7-8H2. The first kappa shape index (κ1) is 7.05. The predicted octanol–water partition coefficient (Wildman–Crippen LogP) is 2.66. The Morgan fingerprint density at radius 2 is 1.46 bits per heavy atom. The average Bonchev–Trinajstić information content (AvgIpc) is 2.84. The van der Waals surface area contributed by atoms with Crippen molar-refractivity contribution in [2.75, 3.05) is 0 Å². The van der Waals surface area contributed by atoms with E-state index in [0.29, 0.717) is 23.0 Å². The number of hydrogen-bond donors (Lipinski definition) is 0. The molecule has 0 radical (unpaired) electrons. The Kier molecular flexibility index (Phi) is 1.02. The molecule has 1 aliphatic heterocycles. The topological polar surface area (TPSA) is 12.5 Å². The summed E-state index contributed by atoms with van der Waals surface area (Å²) in [6.45, 7) is 0. The van der Waals surface area contributed by atoms with E-state index >= 15 is 0 Å². The zero-order valence-corrected chi connectivity index (χ0v) is 7.96. The minimum absolute atomic E-state index is 0.600. The highest BCUT2D eigenvalue weighted by Crippen LogP contribution is 2.69. The molecule has 1 heteroatoms. The van der Waals surface area contributed by atoms with E-state index in [9.17, 15) is 0 Å². The number of epoxide rings is 1. The largest absolute Gasteiger partial charge is 0.370 e. The van der Waals surface area contributed by atoms with Gasteiger partial charge in [0.1, 0.15) is 0 Å². The van der Waals surface area contributed by atoms with Crippen molar-refractivity contribution in [2.45, 2.75) is 50.7 Å². The molecule has 3 fully saturated rings. The van der Waals surface area contributed by atoms with Gasteiger partial charge in [-0.15, -0.1) is 0 Å². The lowest BCUT2D eigenvalue weighted by atomic mass is 9.44. The third-order valence-corrected chi connectivity index (χ3v) is 5.03. The van der Waals surface area contributed by atoms with E-state index in [1.807, 2.05) is 0 Å². The molecular weight excluding hydrogens is 160 g/mol. The van der Waals surface area contributed by atoms with Crippen LogP contribution in [0.2, 0.25) is 0 Å². The first-order valence-corrected chi connectivity index (χ1v) is 5.70. The van der Waals surface area contributed by atoms with Crippen LogP contribution in [0.25, 0.3) is 0 Å². The highest BCUT2D eigenvalue weighted by Gasteiger charge is 2.64. The molecule has 2 saturated carbocycles. The van der Waals surface area contributed by atoms with Gasteiger partial charge in [-0.1, -0.05) is 25.0 Å². The molecule has 0 aromatic rings. The highest BCUT2D eigenvalue weighted by atomic mass is 16.6. The quantitative estimate of drug-likeness (QED) is 0.408.